The molecule has 1 rings (SSSR count). The summed E-state index contributed by atoms with van der Waals surface area (Å²) in [6.45, 7) is 0. The van der Waals surface area contributed by atoms with Gasteiger partial charge in [0, 0.05) is 5.02 Å². The molecular formula is C10H10ClN3OS. The minimum Gasteiger partial charge on any atom is -0.495 e. The van der Waals surface area contributed by atoms with Crippen molar-refractivity contribution in [1.82, 2.24) is 0 Å². The number of nitrogens with one attached hydrogen (secondary N) is 1. The third kappa shape index (κ3) is 3.33. The Hall–Kier alpha value is -1.38. The Morgan fingerprint density at radius 3 is 2.94 bits per heavy atom. The third-order valence-electron chi connectivity index (χ3n) is 1.75. The number of aliphatic imine (C=N–C) groups is 1. The number of hydrogen-bond donors (Lipinski definition) is 1. The lowest BCUT2D eigenvalue weighted by atomic mass is 10.3. The minimum absolute atomic E-state index is 0.489. The second-order valence-corrected chi connectivity index (χ2v) is 3.92. The van der Waals surface area contributed by atoms with Crippen molar-refractivity contribution < 1.29 is 4.74 Å². The second-order valence-electron chi connectivity index (χ2n) is 2.69. The van der Waals surface area contributed by atoms with Crippen LogP contribution in [0.15, 0.2) is 23.2 Å². The molecule has 0 aliphatic heterocycles. The number of nitriles is 1. The number of thioether (sulfide) groups is 1. The normalized spacial score (nSPS) is 10.8. The molecule has 0 unspecified atom stereocenters. The van der Waals surface area contributed by atoms with Gasteiger partial charge >= 0.3 is 0 Å². The number of anilines is 1. The Labute approximate surface area is 103 Å². The van der Waals surface area contributed by atoms with E-state index in [1.54, 1.807) is 31.5 Å². The Bertz CT molecular complexity index is 442. The summed E-state index contributed by atoms with van der Waals surface area (Å²) in [6.07, 6.45) is 3.54. The minimum atomic E-state index is 0.489. The number of benzene rings is 1. The highest BCUT2D eigenvalue weighted by molar-refractivity contribution is 8.13. The first-order valence-corrected chi connectivity index (χ1v) is 5.93. The van der Waals surface area contributed by atoms with Gasteiger partial charge in [0.2, 0.25) is 6.19 Å². The Morgan fingerprint density at radius 2 is 2.38 bits per heavy atom. The average Bonchev–Trinajstić information content (AvgIpc) is 2.29. The van der Waals surface area contributed by atoms with Crippen molar-refractivity contribution >= 4 is 34.2 Å². The van der Waals surface area contributed by atoms with E-state index in [0.29, 0.717) is 21.6 Å². The highest BCUT2D eigenvalue weighted by Crippen LogP contribution is 2.28. The van der Waals surface area contributed by atoms with Crippen LogP contribution < -0.4 is 10.1 Å². The van der Waals surface area contributed by atoms with Gasteiger partial charge in [-0.1, -0.05) is 23.4 Å². The molecule has 16 heavy (non-hydrogen) atoms. The van der Waals surface area contributed by atoms with E-state index in [4.69, 9.17) is 21.6 Å². The zero-order chi connectivity index (χ0) is 12.0. The largest absolute Gasteiger partial charge is 0.495 e. The zero-order valence-electron chi connectivity index (χ0n) is 8.82. The van der Waals surface area contributed by atoms with Crippen LogP contribution in [0.5, 0.6) is 5.75 Å². The SMILES string of the molecule is COc1ccc(Cl)cc1NC(=NC#N)SC. The summed E-state index contributed by atoms with van der Waals surface area (Å²) in [6, 6.07) is 5.18. The zero-order valence-corrected chi connectivity index (χ0v) is 10.4. The molecule has 0 aromatic heterocycles. The molecule has 1 aromatic carbocycles. The highest BCUT2D eigenvalue weighted by Gasteiger charge is 2.06. The predicted molar refractivity (Wildman–Crippen MR) is 68.2 cm³/mol. The van der Waals surface area contributed by atoms with Crippen LogP contribution in [0.25, 0.3) is 0 Å². The van der Waals surface area contributed by atoms with Crippen molar-refractivity contribution in [2.75, 3.05) is 18.7 Å². The molecule has 0 fully saturated rings. The van der Waals surface area contributed by atoms with E-state index in [0.717, 1.165) is 0 Å². The molecule has 0 bridgehead atoms. The molecule has 0 aliphatic rings. The van der Waals surface area contributed by atoms with Gasteiger partial charge in [0.1, 0.15) is 5.75 Å². The monoisotopic (exact) mass is 255 g/mol. The first-order valence-electron chi connectivity index (χ1n) is 4.32. The summed E-state index contributed by atoms with van der Waals surface area (Å²) in [5.41, 5.74) is 0.679. The maximum absolute atomic E-state index is 8.48. The molecule has 6 heteroatoms. The van der Waals surface area contributed by atoms with Gasteiger partial charge in [0.25, 0.3) is 0 Å². The van der Waals surface area contributed by atoms with E-state index in [9.17, 15) is 0 Å². The molecule has 0 heterocycles. The molecule has 0 spiro atoms. The van der Waals surface area contributed by atoms with Crippen LogP contribution in [-0.2, 0) is 0 Å². The molecule has 1 aromatic rings. The molecule has 1 N–H and O–H groups in total. The van der Waals surface area contributed by atoms with Crippen molar-refractivity contribution in [1.29, 1.82) is 5.26 Å². The summed E-state index contributed by atoms with van der Waals surface area (Å²) < 4.78 is 5.16. The van der Waals surface area contributed by atoms with Crippen molar-refractivity contribution in [2.45, 2.75) is 0 Å². The molecular weight excluding hydrogens is 246 g/mol. The lowest BCUT2D eigenvalue weighted by Gasteiger charge is -2.10. The quantitative estimate of drug-likeness (QED) is 0.501. The van der Waals surface area contributed by atoms with Crippen LogP contribution in [-0.4, -0.2) is 18.5 Å². The highest BCUT2D eigenvalue weighted by atomic mass is 35.5. The summed E-state index contributed by atoms with van der Waals surface area (Å²) in [7, 11) is 1.56. The van der Waals surface area contributed by atoms with Crippen LogP contribution in [0.4, 0.5) is 5.69 Å². The number of amidine groups is 1. The molecule has 0 saturated carbocycles. The average molecular weight is 256 g/mol. The second kappa shape index (κ2) is 6.26. The fourth-order valence-electron chi connectivity index (χ4n) is 1.06. The van der Waals surface area contributed by atoms with Gasteiger partial charge in [-0.05, 0) is 24.5 Å². The van der Waals surface area contributed by atoms with Crippen molar-refractivity contribution in [2.24, 2.45) is 4.99 Å². The number of nitrogens with zero attached hydrogens (tertiary/aromatic N) is 2. The molecule has 0 atom stereocenters. The fourth-order valence-corrected chi connectivity index (χ4v) is 1.58. The van der Waals surface area contributed by atoms with E-state index in [-0.39, 0.29) is 0 Å². The summed E-state index contributed by atoms with van der Waals surface area (Å²) >= 11 is 7.20. The lowest BCUT2D eigenvalue weighted by Crippen LogP contribution is -2.07. The van der Waals surface area contributed by atoms with Gasteiger partial charge in [-0.15, -0.1) is 4.99 Å². The van der Waals surface area contributed by atoms with Crippen LogP contribution in [0, 0.1) is 11.5 Å². The maximum atomic E-state index is 8.48. The van der Waals surface area contributed by atoms with E-state index in [1.807, 2.05) is 6.26 Å². The van der Waals surface area contributed by atoms with Gasteiger partial charge in [0.05, 0.1) is 12.8 Å². The maximum Gasteiger partial charge on any atom is 0.208 e. The van der Waals surface area contributed by atoms with Gasteiger partial charge in [-0.3, -0.25) is 0 Å². The van der Waals surface area contributed by atoms with Gasteiger partial charge in [-0.2, -0.15) is 5.26 Å². The van der Waals surface area contributed by atoms with Crippen LogP contribution >= 0.6 is 23.4 Å². The predicted octanol–water partition coefficient (Wildman–Crippen LogP) is 2.96. The van der Waals surface area contributed by atoms with Crippen LogP contribution in [0.1, 0.15) is 0 Å². The van der Waals surface area contributed by atoms with Gasteiger partial charge < -0.3 is 10.1 Å². The molecule has 0 saturated heterocycles. The van der Waals surface area contributed by atoms with Crippen LogP contribution in [0.2, 0.25) is 5.02 Å². The van der Waals surface area contributed by atoms with Crippen LogP contribution in [0.3, 0.4) is 0 Å². The Balaban J connectivity index is 2.99. The lowest BCUT2D eigenvalue weighted by molar-refractivity contribution is 0.417. The van der Waals surface area contributed by atoms with Crippen molar-refractivity contribution in [3.8, 4) is 11.9 Å². The summed E-state index contributed by atoms with van der Waals surface area (Å²) in [5.74, 6) is 0.643. The standard InChI is InChI=1S/C10H10ClN3OS/c1-15-9-4-3-7(11)5-8(9)14-10(16-2)13-6-12/h3-5H,1-2H3,(H,13,14). The third-order valence-corrected chi connectivity index (χ3v) is 2.56. The van der Waals surface area contributed by atoms with Crippen molar-refractivity contribution in [3.63, 3.8) is 0 Å². The molecule has 4 nitrogen and oxygen atoms in total. The topological polar surface area (TPSA) is 57.4 Å². The molecule has 84 valence electrons. The first kappa shape index (κ1) is 12.7. The molecule has 0 radical (unpaired) electrons. The van der Waals surface area contributed by atoms with Gasteiger partial charge in [-0.25, -0.2) is 0 Å². The number of hydrogen-bond acceptors (Lipinski definition) is 4. The van der Waals surface area contributed by atoms with Gasteiger partial charge in [0.15, 0.2) is 5.17 Å². The first-order chi connectivity index (χ1) is 7.71. The smallest absolute Gasteiger partial charge is 0.208 e. The Morgan fingerprint density at radius 1 is 1.62 bits per heavy atom. The van der Waals surface area contributed by atoms with E-state index in [1.165, 1.54) is 11.8 Å². The number of ether oxygens (including phenoxy) is 1. The Kier molecular flexibility index (Phi) is 4.96. The molecule has 0 aliphatic carbocycles. The van der Waals surface area contributed by atoms with E-state index in [2.05, 4.69) is 10.3 Å². The number of rotatable bonds is 2. The summed E-state index contributed by atoms with van der Waals surface area (Å²) in [4.78, 5) is 3.62. The summed E-state index contributed by atoms with van der Waals surface area (Å²) in [5, 5.41) is 12.5. The van der Waals surface area contributed by atoms with E-state index >= 15 is 0 Å². The number of halogens is 1. The van der Waals surface area contributed by atoms with Crippen molar-refractivity contribution in [3.05, 3.63) is 23.2 Å². The molecule has 0 amide bonds. The van der Waals surface area contributed by atoms with E-state index < -0.39 is 0 Å². The number of methoxy groups -OCH3 is 1. The fraction of sp³-hybridized carbons (Fsp3) is 0.200.